The van der Waals surface area contributed by atoms with Crippen molar-refractivity contribution in [1.29, 1.82) is 0 Å². The summed E-state index contributed by atoms with van der Waals surface area (Å²) >= 11 is 0. The van der Waals surface area contributed by atoms with Gasteiger partial charge in [-0.1, -0.05) is 57.2 Å². The second-order valence-corrected chi connectivity index (χ2v) is 7.96. The number of aldehydes is 1. The summed E-state index contributed by atoms with van der Waals surface area (Å²) < 4.78 is 64.5. The minimum absolute atomic E-state index is 0.263. The lowest BCUT2D eigenvalue weighted by Crippen LogP contribution is -2.28. The fraction of sp³-hybridized carbons (Fsp3) is 0.292. The standard InChI is InChI=1S/C22H21F3O4S.C2H6/c1-3-5-10-21-18(7-4-2)12-17(15-26)13-19(21)11-16-8-6-9-20(14-16)29-30(27,28)22(23,24)25;1-2/h4-10,12-15H,3,11H2,1-2H3;1-2H3/b7-4-,10-5+;. The molecule has 0 aliphatic carbocycles. The van der Waals surface area contributed by atoms with E-state index < -0.39 is 21.4 Å². The van der Waals surface area contributed by atoms with Crippen LogP contribution in [-0.4, -0.2) is 20.2 Å². The minimum Gasteiger partial charge on any atom is -0.376 e. The van der Waals surface area contributed by atoms with Gasteiger partial charge >= 0.3 is 15.6 Å². The summed E-state index contributed by atoms with van der Waals surface area (Å²) in [4.78, 5) is 11.4. The zero-order valence-electron chi connectivity index (χ0n) is 18.4. The highest BCUT2D eigenvalue weighted by atomic mass is 32.2. The first-order valence-electron chi connectivity index (χ1n) is 10.1. The molecule has 2 aromatic rings. The summed E-state index contributed by atoms with van der Waals surface area (Å²) in [6.45, 7) is 7.83. The lowest BCUT2D eigenvalue weighted by molar-refractivity contribution is -0.0500. The van der Waals surface area contributed by atoms with Gasteiger partial charge < -0.3 is 4.18 Å². The summed E-state index contributed by atoms with van der Waals surface area (Å²) in [5, 5.41) is 0. The number of allylic oxidation sites excluding steroid dienone is 2. The predicted octanol–water partition coefficient (Wildman–Crippen LogP) is 6.80. The lowest BCUT2D eigenvalue weighted by atomic mass is 9.92. The summed E-state index contributed by atoms with van der Waals surface area (Å²) in [5.74, 6) is -0.435. The molecule has 32 heavy (non-hydrogen) atoms. The van der Waals surface area contributed by atoms with E-state index in [1.54, 1.807) is 18.2 Å². The molecule has 0 aliphatic heterocycles. The Hall–Kier alpha value is -2.87. The number of carbonyl (C=O) groups excluding carboxylic acids is 1. The lowest BCUT2D eigenvalue weighted by Gasteiger charge is -2.13. The molecule has 0 unspecified atom stereocenters. The van der Waals surface area contributed by atoms with Crippen molar-refractivity contribution < 1.29 is 30.6 Å². The summed E-state index contributed by atoms with van der Waals surface area (Å²) in [7, 11) is -5.75. The van der Waals surface area contributed by atoms with Gasteiger partial charge in [-0.3, -0.25) is 4.79 Å². The van der Waals surface area contributed by atoms with Crippen LogP contribution in [0.15, 0.2) is 48.6 Å². The van der Waals surface area contributed by atoms with Crippen LogP contribution in [-0.2, 0) is 16.5 Å². The highest BCUT2D eigenvalue weighted by Crippen LogP contribution is 2.29. The maximum atomic E-state index is 12.6. The molecule has 0 saturated heterocycles. The second kappa shape index (κ2) is 12.2. The number of benzene rings is 2. The number of hydrogen-bond acceptors (Lipinski definition) is 4. The first-order valence-corrected chi connectivity index (χ1v) is 11.5. The zero-order valence-corrected chi connectivity index (χ0v) is 19.3. The van der Waals surface area contributed by atoms with Crippen LogP contribution in [0.3, 0.4) is 0 Å². The Kier molecular flexibility index (Phi) is 10.4. The van der Waals surface area contributed by atoms with Crippen LogP contribution in [0, 0.1) is 0 Å². The van der Waals surface area contributed by atoms with Crippen molar-refractivity contribution in [3.63, 3.8) is 0 Å². The van der Waals surface area contributed by atoms with Gasteiger partial charge in [0.1, 0.15) is 12.0 Å². The summed E-state index contributed by atoms with van der Waals surface area (Å²) in [5.41, 5.74) is -2.05. The third-order valence-electron chi connectivity index (χ3n) is 4.10. The third-order valence-corrected chi connectivity index (χ3v) is 5.08. The Balaban J connectivity index is 0.00000249. The number of halogens is 3. The van der Waals surface area contributed by atoms with Crippen LogP contribution in [0.25, 0.3) is 12.2 Å². The molecule has 0 aromatic heterocycles. The van der Waals surface area contributed by atoms with Crippen molar-refractivity contribution in [3.05, 3.63) is 76.4 Å². The van der Waals surface area contributed by atoms with Crippen molar-refractivity contribution in [2.24, 2.45) is 0 Å². The molecular weight excluding hydrogens is 441 g/mol. The molecule has 2 aromatic carbocycles. The van der Waals surface area contributed by atoms with Gasteiger partial charge in [-0.05, 0) is 66.3 Å². The molecule has 0 radical (unpaired) electrons. The van der Waals surface area contributed by atoms with Crippen molar-refractivity contribution in [1.82, 2.24) is 0 Å². The Morgan fingerprint density at radius 3 is 2.31 bits per heavy atom. The maximum absolute atomic E-state index is 12.6. The average Bonchev–Trinajstić information content (AvgIpc) is 2.73. The topological polar surface area (TPSA) is 60.4 Å². The largest absolute Gasteiger partial charge is 0.534 e. The quantitative estimate of drug-likeness (QED) is 0.243. The van der Waals surface area contributed by atoms with E-state index in [0.717, 1.165) is 35.5 Å². The third kappa shape index (κ3) is 7.37. The van der Waals surface area contributed by atoms with Crippen LogP contribution in [0.1, 0.15) is 66.7 Å². The molecule has 0 aliphatic rings. The Bertz CT molecular complexity index is 1070. The van der Waals surface area contributed by atoms with Gasteiger partial charge in [0.25, 0.3) is 0 Å². The van der Waals surface area contributed by atoms with Gasteiger partial charge in [-0.15, -0.1) is 0 Å². The second-order valence-electron chi connectivity index (χ2n) is 6.42. The monoisotopic (exact) mass is 468 g/mol. The molecule has 0 heterocycles. The Morgan fingerprint density at radius 1 is 1.06 bits per heavy atom. The average molecular weight is 469 g/mol. The Morgan fingerprint density at radius 2 is 1.75 bits per heavy atom. The molecule has 0 bridgehead atoms. The minimum atomic E-state index is -5.75. The molecule has 0 spiro atoms. The van der Waals surface area contributed by atoms with Crippen LogP contribution in [0.5, 0.6) is 5.75 Å². The van der Waals surface area contributed by atoms with Crippen LogP contribution >= 0.6 is 0 Å². The number of rotatable bonds is 8. The van der Waals surface area contributed by atoms with E-state index in [-0.39, 0.29) is 6.42 Å². The van der Waals surface area contributed by atoms with Gasteiger partial charge in [-0.25, -0.2) is 0 Å². The van der Waals surface area contributed by atoms with E-state index in [1.807, 2.05) is 52.0 Å². The van der Waals surface area contributed by atoms with Gasteiger partial charge in [0.05, 0.1) is 0 Å². The van der Waals surface area contributed by atoms with Crippen LogP contribution < -0.4 is 4.18 Å². The molecule has 0 fully saturated rings. The SMILES string of the molecule is C/C=C\c1cc(C=O)cc(Cc2cccc(OS(=O)(=O)C(F)(F)F)c2)c1/C=C/CC.CC. The maximum Gasteiger partial charge on any atom is 0.534 e. The molecule has 0 atom stereocenters. The molecule has 174 valence electrons. The molecule has 0 N–H and O–H groups in total. The van der Waals surface area contributed by atoms with E-state index in [4.69, 9.17) is 0 Å². The van der Waals surface area contributed by atoms with E-state index in [9.17, 15) is 26.4 Å². The first-order chi connectivity index (χ1) is 15.1. The highest BCUT2D eigenvalue weighted by Gasteiger charge is 2.48. The van der Waals surface area contributed by atoms with Crippen molar-refractivity contribution >= 4 is 28.6 Å². The van der Waals surface area contributed by atoms with E-state index >= 15 is 0 Å². The highest BCUT2D eigenvalue weighted by molar-refractivity contribution is 7.88. The first kappa shape index (κ1) is 27.2. The van der Waals surface area contributed by atoms with Crippen molar-refractivity contribution in [2.75, 3.05) is 0 Å². The normalized spacial score (nSPS) is 12.0. The molecule has 4 nitrogen and oxygen atoms in total. The number of carbonyl (C=O) groups is 1. The fourth-order valence-corrected chi connectivity index (χ4v) is 3.29. The summed E-state index contributed by atoms with van der Waals surface area (Å²) in [6.07, 6.45) is 9.37. The molecular formula is C24H27F3O4S. The smallest absolute Gasteiger partial charge is 0.376 e. The van der Waals surface area contributed by atoms with Gasteiger partial charge in [0.2, 0.25) is 0 Å². The molecule has 2 rings (SSSR count). The van der Waals surface area contributed by atoms with Gasteiger partial charge in [-0.2, -0.15) is 21.6 Å². The fourth-order valence-electron chi connectivity index (χ4n) is 2.84. The van der Waals surface area contributed by atoms with Gasteiger partial charge in [0.15, 0.2) is 0 Å². The summed E-state index contributed by atoms with van der Waals surface area (Å²) in [6, 6.07) is 8.88. The van der Waals surface area contributed by atoms with E-state index in [2.05, 4.69) is 4.18 Å². The molecule has 0 amide bonds. The van der Waals surface area contributed by atoms with Crippen LogP contribution in [0.2, 0.25) is 0 Å². The van der Waals surface area contributed by atoms with Crippen molar-refractivity contribution in [2.45, 2.75) is 46.0 Å². The molecule has 0 saturated carbocycles. The van der Waals surface area contributed by atoms with E-state index in [0.29, 0.717) is 11.1 Å². The van der Waals surface area contributed by atoms with Crippen molar-refractivity contribution in [3.8, 4) is 5.75 Å². The number of hydrogen-bond donors (Lipinski definition) is 0. The van der Waals surface area contributed by atoms with Crippen LogP contribution in [0.4, 0.5) is 13.2 Å². The number of alkyl halides is 3. The molecule has 8 heteroatoms. The Labute approximate surface area is 187 Å². The predicted molar refractivity (Wildman–Crippen MR) is 122 cm³/mol. The van der Waals surface area contributed by atoms with Gasteiger partial charge in [0, 0.05) is 5.56 Å². The zero-order chi connectivity index (χ0) is 24.4. The van der Waals surface area contributed by atoms with E-state index in [1.165, 1.54) is 12.1 Å².